The van der Waals surface area contributed by atoms with Gasteiger partial charge in [0.1, 0.15) is 6.33 Å². The second kappa shape index (κ2) is 6.21. The van der Waals surface area contributed by atoms with Gasteiger partial charge in [-0.25, -0.2) is 4.98 Å². The summed E-state index contributed by atoms with van der Waals surface area (Å²) in [7, 11) is 1.35. The number of hydrogen-bond acceptors (Lipinski definition) is 7. The largest absolute Gasteiger partial charge is 0.476 e. The Hall–Kier alpha value is -1.96. The minimum Gasteiger partial charge on any atom is -0.476 e. The van der Waals surface area contributed by atoms with Gasteiger partial charge in [0, 0.05) is 12.6 Å². The van der Waals surface area contributed by atoms with E-state index in [1.807, 2.05) is 0 Å². The molecule has 1 atom stereocenters. The summed E-state index contributed by atoms with van der Waals surface area (Å²) in [5.74, 6) is 0.156. The van der Waals surface area contributed by atoms with Crippen molar-refractivity contribution in [1.82, 2.24) is 15.3 Å². The van der Waals surface area contributed by atoms with E-state index in [1.54, 1.807) is 0 Å². The highest BCUT2D eigenvalue weighted by molar-refractivity contribution is 5.61. The lowest BCUT2D eigenvalue weighted by atomic mass is 9.77. The molecule has 0 aliphatic carbocycles. The molecule has 0 aromatic carbocycles. The molecule has 1 aromatic rings. The molecule has 1 aliphatic rings. The van der Waals surface area contributed by atoms with Gasteiger partial charge in [-0.2, -0.15) is 4.98 Å². The van der Waals surface area contributed by atoms with Crippen molar-refractivity contribution >= 4 is 11.5 Å². The van der Waals surface area contributed by atoms with E-state index in [-0.39, 0.29) is 28.8 Å². The van der Waals surface area contributed by atoms with E-state index in [0.29, 0.717) is 6.54 Å². The van der Waals surface area contributed by atoms with E-state index < -0.39 is 4.92 Å². The molecule has 0 saturated carbocycles. The molecule has 8 heteroatoms. The zero-order valence-electron chi connectivity index (χ0n) is 12.5. The Morgan fingerprint density at radius 2 is 2.33 bits per heavy atom. The number of aromatic nitrogens is 2. The highest BCUT2D eigenvalue weighted by atomic mass is 16.6. The van der Waals surface area contributed by atoms with Crippen molar-refractivity contribution in [2.75, 3.05) is 25.5 Å². The van der Waals surface area contributed by atoms with Crippen LogP contribution in [0.3, 0.4) is 0 Å². The second-order valence-corrected chi connectivity index (χ2v) is 5.82. The summed E-state index contributed by atoms with van der Waals surface area (Å²) >= 11 is 0. The molecule has 21 heavy (non-hydrogen) atoms. The third-order valence-corrected chi connectivity index (χ3v) is 3.97. The molecule has 1 fully saturated rings. The van der Waals surface area contributed by atoms with Crippen LogP contribution >= 0.6 is 0 Å². The fraction of sp³-hybridized carbons (Fsp3) is 0.692. The summed E-state index contributed by atoms with van der Waals surface area (Å²) in [6, 6.07) is 0.229. The van der Waals surface area contributed by atoms with E-state index in [1.165, 1.54) is 13.4 Å². The zero-order chi connectivity index (χ0) is 15.5. The number of nitrogens with zero attached hydrogens (tertiary/aromatic N) is 3. The van der Waals surface area contributed by atoms with Crippen molar-refractivity contribution in [1.29, 1.82) is 0 Å². The minimum absolute atomic E-state index is 0.0339. The number of rotatable bonds is 5. The van der Waals surface area contributed by atoms with Crippen LogP contribution in [0.15, 0.2) is 6.33 Å². The molecule has 116 valence electrons. The Morgan fingerprint density at radius 1 is 1.57 bits per heavy atom. The van der Waals surface area contributed by atoms with E-state index >= 15 is 0 Å². The lowest BCUT2D eigenvalue weighted by molar-refractivity contribution is -0.385. The number of hydrogen-bond donors (Lipinski definition) is 2. The number of piperidine rings is 1. The first kappa shape index (κ1) is 15.4. The smallest absolute Gasteiger partial charge is 0.372 e. The van der Waals surface area contributed by atoms with Crippen LogP contribution in [-0.2, 0) is 0 Å². The third-order valence-electron chi connectivity index (χ3n) is 3.97. The Kier molecular flexibility index (Phi) is 4.56. The second-order valence-electron chi connectivity index (χ2n) is 5.82. The number of nitrogens with one attached hydrogen (secondary N) is 2. The molecule has 0 spiro atoms. The lowest BCUT2D eigenvalue weighted by Gasteiger charge is -2.39. The fourth-order valence-corrected chi connectivity index (χ4v) is 2.62. The number of nitro groups is 1. The SMILES string of the molecule is COc1ncnc(NCC2NCCCC2(C)C)c1[N+](=O)[O-]. The Balaban J connectivity index is 2.14. The Labute approximate surface area is 123 Å². The molecule has 0 radical (unpaired) electrons. The van der Waals surface area contributed by atoms with Crippen LogP contribution in [0.5, 0.6) is 5.88 Å². The average Bonchev–Trinajstić information content (AvgIpc) is 2.45. The molecular weight excluding hydrogens is 274 g/mol. The maximum atomic E-state index is 11.2. The van der Waals surface area contributed by atoms with Gasteiger partial charge in [-0.1, -0.05) is 13.8 Å². The Morgan fingerprint density at radius 3 is 2.95 bits per heavy atom. The van der Waals surface area contributed by atoms with Crippen LogP contribution in [0.25, 0.3) is 0 Å². The fourth-order valence-electron chi connectivity index (χ4n) is 2.62. The molecule has 1 aromatic heterocycles. The monoisotopic (exact) mass is 295 g/mol. The van der Waals surface area contributed by atoms with Crippen molar-refractivity contribution in [3.8, 4) is 5.88 Å². The summed E-state index contributed by atoms with van der Waals surface area (Å²) in [4.78, 5) is 18.4. The van der Waals surface area contributed by atoms with Gasteiger partial charge in [0.15, 0.2) is 0 Å². The van der Waals surface area contributed by atoms with Crippen molar-refractivity contribution in [2.24, 2.45) is 5.41 Å². The van der Waals surface area contributed by atoms with Gasteiger partial charge in [0.2, 0.25) is 5.82 Å². The van der Waals surface area contributed by atoms with E-state index in [9.17, 15) is 10.1 Å². The maximum absolute atomic E-state index is 11.2. The van der Waals surface area contributed by atoms with Crippen LogP contribution in [0.2, 0.25) is 0 Å². The number of ether oxygens (including phenoxy) is 1. The summed E-state index contributed by atoms with van der Waals surface area (Å²) < 4.78 is 4.93. The molecule has 0 bridgehead atoms. The number of anilines is 1. The van der Waals surface area contributed by atoms with Gasteiger partial charge < -0.3 is 15.4 Å². The molecule has 2 N–H and O–H groups in total. The van der Waals surface area contributed by atoms with E-state index in [4.69, 9.17) is 4.74 Å². The van der Waals surface area contributed by atoms with Gasteiger partial charge in [-0.15, -0.1) is 0 Å². The van der Waals surface area contributed by atoms with Gasteiger partial charge in [0.05, 0.1) is 12.0 Å². The normalized spacial score (nSPS) is 20.8. The summed E-state index contributed by atoms with van der Waals surface area (Å²) in [5, 5.41) is 17.7. The predicted molar refractivity (Wildman–Crippen MR) is 78.5 cm³/mol. The van der Waals surface area contributed by atoms with Crippen LogP contribution in [0.4, 0.5) is 11.5 Å². The van der Waals surface area contributed by atoms with Crippen LogP contribution in [0, 0.1) is 15.5 Å². The van der Waals surface area contributed by atoms with Crippen molar-refractivity contribution in [2.45, 2.75) is 32.7 Å². The lowest BCUT2D eigenvalue weighted by Crippen LogP contribution is -2.50. The first-order valence-corrected chi connectivity index (χ1v) is 6.96. The molecule has 1 saturated heterocycles. The summed E-state index contributed by atoms with van der Waals surface area (Å²) in [5.41, 5.74) is -0.0921. The molecule has 1 aliphatic heterocycles. The molecule has 2 heterocycles. The highest BCUT2D eigenvalue weighted by Crippen LogP contribution is 2.33. The van der Waals surface area contributed by atoms with Crippen molar-refractivity contribution in [3.63, 3.8) is 0 Å². The third kappa shape index (κ3) is 3.38. The number of methoxy groups -OCH3 is 1. The van der Waals surface area contributed by atoms with Crippen LogP contribution in [0.1, 0.15) is 26.7 Å². The van der Waals surface area contributed by atoms with Crippen LogP contribution < -0.4 is 15.4 Å². The van der Waals surface area contributed by atoms with E-state index in [0.717, 1.165) is 19.4 Å². The van der Waals surface area contributed by atoms with Gasteiger partial charge >= 0.3 is 5.69 Å². The summed E-state index contributed by atoms with van der Waals surface area (Å²) in [6.45, 7) is 5.92. The highest BCUT2D eigenvalue weighted by Gasteiger charge is 2.32. The van der Waals surface area contributed by atoms with Crippen molar-refractivity contribution in [3.05, 3.63) is 16.4 Å². The first-order valence-electron chi connectivity index (χ1n) is 6.96. The molecule has 0 amide bonds. The van der Waals surface area contributed by atoms with E-state index in [2.05, 4.69) is 34.4 Å². The van der Waals surface area contributed by atoms with Crippen LogP contribution in [-0.4, -0.2) is 41.1 Å². The summed E-state index contributed by atoms with van der Waals surface area (Å²) in [6.07, 6.45) is 3.53. The molecular formula is C13H21N5O3. The predicted octanol–water partition coefficient (Wildman–Crippen LogP) is 1.58. The molecule has 1 unspecified atom stereocenters. The molecule has 8 nitrogen and oxygen atoms in total. The minimum atomic E-state index is -0.527. The topological polar surface area (TPSA) is 102 Å². The Bertz CT molecular complexity index is 521. The zero-order valence-corrected chi connectivity index (χ0v) is 12.5. The van der Waals surface area contributed by atoms with Gasteiger partial charge in [-0.05, 0) is 24.8 Å². The maximum Gasteiger partial charge on any atom is 0.372 e. The van der Waals surface area contributed by atoms with Gasteiger partial charge in [-0.3, -0.25) is 10.1 Å². The van der Waals surface area contributed by atoms with Gasteiger partial charge in [0.25, 0.3) is 5.88 Å². The van der Waals surface area contributed by atoms with Crippen molar-refractivity contribution < 1.29 is 9.66 Å². The standard InChI is InChI=1S/C13H21N5O3/c1-13(2)5-4-6-14-9(13)7-15-11-10(18(19)20)12(21-3)17-8-16-11/h8-9,14H,4-7H2,1-3H3,(H,15,16,17). The molecule has 2 rings (SSSR count). The first-order chi connectivity index (χ1) is 9.95. The quantitative estimate of drug-likeness (QED) is 0.628. The average molecular weight is 295 g/mol.